The van der Waals surface area contributed by atoms with Crippen molar-refractivity contribution in [3.05, 3.63) is 69.3 Å². The number of carbonyl (C=O) groups is 2. The molecular formula is C19H15N5O3S2. The van der Waals surface area contributed by atoms with E-state index in [9.17, 15) is 9.59 Å². The average molecular weight is 425 g/mol. The Balaban J connectivity index is 1.71. The molecule has 2 aromatic heterocycles. The summed E-state index contributed by atoms with van der Waals surface area (Å²) in [6.07, 6.45) is -0.164. The number of aromatic amines is 1. The van der Waals surface area contributed by atoms with Crippen molar-refractivity contribution in [1.82, 2.24) is 20.5 Å². The lowest BCUT2D eigenvalue weighted by atomic mass is 10.0. The Morgan fingerprint density at radius 1 is 1.28 bits per heavy atom. The molecule has 0 spiro atoms. The van der Waals surface area contributed by atoms with E-state index in [4.69, 9.17) is 5.11 Å². The molecule has 0 saturated carbocycles. The van der Waals surface area contributed by atoms with Gasteiger partial charge in [-0.05, 0) is 30.3 Å². The standard InChI is InChI=1S/C19H15N5O3S2/c1-10-7-13(24-23-10)15(11-5-3-2-4-6-11)16-17(27)21-19(29-16)22-18-20-12(9-28-18)8-14(25)26/h2-7,9H,8H2,1H3,(H,23,24)(H,25,26)(H,20,21,22,27). The smallest absolute Gasteiger partial charge is 0.309 e. The van der Waals surface area contributed by atoms with Crippen LogP contribution in [0.5, 0.6) is 0 Å². The molecule has 3 N–H and O–H groups in total. The predicted octanol–water partition coefficient (Wildman–Crippen LogP) is 3.11. The second-order valence-corrected chi connectivity index (χ2v) is 8.01. The van der Waals surface area contributed by atoms with Crippen molar-refractivity contribution in [2.24, 2.45) is 4.99 Å². The van der Waals surface area contributed by atoms with Crippen LogP contribution in [0.3, 0.4) is 0 Å². The number of aliphatic imine (C=N–C) groups is 1. The molecule has 0 atom stereocenters. The molecule has 0 radical (unpaired) electrons. The molecular weight excluding hydrogens is 410 g/mol. The molecule has 8 nitrogen and oxygen atoms in total. The van der Waals surface area contributed by atoms with Crippen LogP contribution in [-0.2, 0) is 16.0 Å². The molecule has 4 rings (SSSR count). The number of carbonyl (C=O) groups excluding carboxylic acids is 1. The van der Waals surface area contributed by atoms with Gasteiger partial charge < -0.3 is 10.4 Å². The number of aromatic nitrogens is 3. The second-order valence-electron chi connectivity index (χ2n) is 6.17. The maximum atomic E-state index is 12.7. The zero-order valence-electron chi connectivity index (χ0n) is 15.2. The Bertz CT molecular complexity index is 1150. The minimum Gasteiger partial charge on any atom is -0.481 e. The lowest BCUT2D eigenvalue weighted by Crippen LogP contribution is -2.20. The van der Waals surface area contributed by atoms with Crippen molar-refractivity contribution in [3.63, 3.8) is 0 Å². The predicted molar refractivity (Wildman–Crippen MR) is 112 cm³/mol. The summed E-state index contributed by atoms with van der Waals surface area (Å²) in [5.41, 5.74) is 3.58. The van der Waals surface area contributed by atoms with E-state index in [2.05, 4.69) is 25.5 Å². The highest BCUT2D eigenvalue weighted by Gasteiger charge is 2.29. The number of nitrogens with zero attached hydrogens (tertiary/aromatic N) is 3. The molecule has 1 aliphatic rings. The van der Waals surface area contributed by atoms with Gasteiger partial charge in [0.05, 0.1) is 22.7 Å². The van der Waals surface area contributed by atoms with E-state index in [1.165, 1.54) is 23.1 Å². The molecule has 1 aromatic carbocycles. The summed E-state index contributed by atoms with van der Waals surface area (Å²) in [6.45, 7) is 1.90. The third-order valence-electron chi connectivity index (χ3n) is 3.95. The number of amidine groups is 1. The number of carboxylic acid groups (broad SMARTS) is 1. The van der Waals surface area contributed by atoms with Gasteiger partial charge in [0, 0.05) is 16.6 Å². The van der Waals surface area contributed by atoms with Crippen LogP contribution in [0.25, 0.3) is 5.57 Å². The van der Waals surface area contributed by atoms with Gasteiger partial charge in [0.2, 0.25) is 5.13 Å². The van der Waals surface area contributed by atoms with Crippen molar-refractivity contribution < 1.29 is 14.7 Å². The monoisotopic (exact) mass is 425 g/mol. The molecule has 3 heterocycles. The number of aliphatic carboxylic acids is 1. The van der Waals surface area contributed by atoms with E-state index in [1.807, 2.05) is 43.3 Å². The molecule has 1 amide bonds. The summed E-state index contributed by atoms with van der Waals surface area (Å²) < 4.78 is 0. The Kier molecular flexibility index (Phi) is 5.28. The minimum absolute atomic E-state index is 0.164. The number of thioether (sulfide) groups is 1. The fourth-order valence-corrected chi connectivity index (χ4v) is 4.44. The van der Waals surface area contributed by atoms with Crippen molar-refractivity contribution in [2.75, 3.05) is 0 Å². The first-order chi connectivity index (χ1) is 14.0. The highest BCUT2D eigenvalue weighted by molar-refractivity contribution is 8.18. The fourth-order valence-electron chi connectivity index (χ4n) is 2.75. The van der Waals surface area contributed by atoms with Gasteiger partial charge >= 0.3 is 5.97 Å². The number of aryl methyl sites for hydroxylation is 1. The Morgan fingerprint density at radius 2 is 2.07 bits per heavy atom. The van der Waals surface area contributed by atoms with E-state index in [1.54, 1.807) is 5.38 Å². The molecule has 146 valence electrons. The molecule has 0 unspecified atom stereocenters. The highest BCUT2D eigenvalue weighted by Crippen LogP contribution is 2.36. The van der Waals surface area contributed by atoms with Crippen molar-refractivity contribution in [1.29, 1.82) is 0 Å². The topological polar surface area (TPSA) is 120 Å². The Morgan fingerprint density at radius 3 is 2.76 bits per heavy atom. The summed E-state index contributed by atoms with van der Waals surface area (Å²) in [6, 6.07) is 11.5. The van der Waals surface area contributed by atoms with Crippen LogP contribution in [0, 0.1) is 6.92 Å². The van der Waals surface area contributed by atoms with Gasteiger partial charge in [-0.3, -0.25) is 14.7 Å². The molecule has 1 fully saturated rings. The van der Waals surface area contributed by atoms with Crippen molar-refractivity contribution >= 4 is 50.8 Å². The zero-order chi connectivity index (χ0) is 20.4. The maximum absolute atomic E-state index is 12.7. The summed E-state index contributed by atoms with van der Waals surface area (Å²) in [7, 11) is 0. The average Bonchev–Trinajstić information content (AvgIpc) is 3.38. The van der Waals surface area contributed by atoms with Crippen LogP contribution in [0.2, 0.25) is 0 Å². The first kappa shape index (κ1) is 19.1. The van der Waals surface area contributed by atoms with E-state index < -0.39 is 5.97 Å². The van der Waals surface area contributed by atoms with Crippen LogP contribution < -0.4 is 5.32 Å². The molecule has 29 heavy (non-hydrogen) atoms. The first-order valence-corrected chi connectivity index (χ1v) is 10.3. The number of rotatable bonds is 5. The van der Waals surface area contributed by atoms with Gasteiger partial charge in [0.25, 0.3) is 5.91 Å². The normalized spacial score (nSPS) is 16.9. The van der Waals surface area contributed by atoms with Crippen LogP contribution in [-0.4, -0.2) is 37.3 Å². The minimum atomic E-state index is -0.954. The molecule has 3 aromatic rings. The Labute approximate surface area is 173 Å². The molecule has 0 aliphatic carbocycles. The van der Waals surface area contributed by atoms with Gasteiger partial charge in [-0.2, -0.15) is 10.1 Å². The van der Waals surface area contributed by atoms with Crippen LogP contribution >= 0.6 is 23.1 Å². The third-order valence-corrected chi connectivity index (χ3v) is 5.71. The van der Waals surface area contributed by atoms with E-state index >= 15 is 0 Å². The van der Waals surface area contributed by atoms with E-state index in [0.29, 0.717) is 32.2 Å². The third kappa shape index (κ3) is 4.28. The number of hydrogen-bond acceptors (Lipinski definition) is 7. The summed E-state index contributed by atoms with van der Waals surface area (Å²) in [5.74, 6) is -1.22. The quantitative estimate of drug-likeness (QED) is 0.540. The van der Waals surface area contributed by atoms with E-state index in [-0.39, 0.29) is 12.3 Å². The zero-order valence-corrected chi connectivity index (χ0v) is 16.8. The van der Waals surface area contributed by atoms with Gasteiger partial charge in [-0.25, -0.2) is 4.98 Å². The van der Waals surface area contributed by atoms with Crippen LogP contribution in [0.1, 0.15) is 22.6 Å². The number of H-pyrrole nitrogens is 1. The van der Waals surface area contributed by atoms with Crippen molar-refractivity contribution in [2.45, 2.75) is 13.3 Å². The lowest BCUT2D eigenvalue weighted by Gasteiger charge is -2.07. The highest BCUT2D eigenvalue weighted by atomic mass is 32.2. The fraction of sp³-hybridized carbons (Fsp3) is 0.105. The maximum Gasteiger partial charge on any atom is 0.309 e. The van der Waals surface area contributed by atoms with Gasteiger partial charge in [0.1, 0.15) is 0 Å². The first-order valence-electron chi connectivity index (χ1n) is 8.56. The largest absolute Gasteiger partial charge is 0.481 e. The second kappa shape index (κ2) is 8.02. The SMILES string of the molecule is Cc1cc(C(=C2SC(=Nc3nc(CC(=O)O)cs3)NC2=O)c2ccccc2)n[nH]1. The van der Waals surface area contributed by atoms with Gasteiger partial charge in [-0.15, -0.1) is 11.3 Å². The van der Waals surface area contributed by atoms with Gasteiger partial charge in [-0.1, -0.05) is 30.3 Å². The van der Waals surface area contributed by atoms with Crippen molar-refractivity contribution in [3.8, 4) is 0 Å². The Hall–Kier alpha value is -3.24. The number of nitrogens with one attached hydrogen (secondary N) is 2. The number of carboxylic acids is 1. The van der Waals surface area contributed by atoms with Crippen LogP contribution in [0.15, 0.2) is 51.7 Å². The lowest BCUT2D eigenvalue weighted by molar-refractivity contribution is -0.136. The number of thiazole rings is 1. The number of hydrogen-bond donors (Lipinski definition) is 3. The molecule has 1 aliphatic heterocycles. The molecule has 10 heteroatoms. The summed E-state index contributed by atoms with van der Waals surface area (Å²) >= 11 is 2.43. The van der Waals surface area contributed by atoms with Gasteiger partial charge in [0.15, 0.2) is 5.17 Å². The van der Waals surface area contributed by atoms with E-state index in [0.717, 1.165) is 11.3 Å². The van der Waals surface area contributed by atoms with Crippen LogP contribution in [0.4, 0.5) is 5.13 Å². The molecule has 1 saturated heterocycles. The molecule has 0 bridgehead atoms. The number of amides is 1. The summed E-state index contributed by atoms with van der Waals surface area (Å²) in [4.78, 5) is 32.6. The summed E-state index contributed by atoms with van der Waals surface area (Å²) in [5, 5.41) is 21.3. The number of benzene rings is 1.